The van der Waals surface area contributed by atoms with Gasteiger partial charge in [-0.2, -0.15) is 0 Å². The Kier molecular flexibility index (Phi) is 4.64. The van der Waals surface area contributed by atoms with Gasteiger partial charge in [0.15, 0.2) is 5.78 Å². The zero-order valence-corrected chi connectivity index (χ0v) is 21.2. The average molecular weight is 427 g/mol. The van der Waals surface area contributed by atoms with Gasteiger partial charge in [0.2, 0.25) is 0 Å². The van der Waals surface area contributed by atoms with Crippen LogP contribution in [0.5, 0.6) is 0 Å². The zero-order chi connectivity index (χ0) is 22.6. The van der Waals surface area contributed by atoms with Gasteiger partial charge in [0.1, 0.15) is 0 Å². The van der Waals surface area contributed by atoms with Crippen LogP contribution in [0.25, 0.3) is 0 Å². The van der Waals surface area contributed by atoms with Crippen LogP contribution in [-0.2, 0) is 4.79 Å². The summed E-state index contributed by atoms with van der Waals surface area (Å²) in [7, 11) is 0. The van der Waals surface area contributed by atoms with Gasteiger partial charge in [-0.1, -0.05) is 54.0 Å². The first kappa shape index (κ1) is 22.2. The normalized spacial score (nSPS) is 50.8. The molecule has 0 bridgehead atoms. The maximum Gasteiger partial charge on any atom is 0.159 e. The third-order valence-corrected chi connectivity index (χ3v) is 12.0. The van der Waals surface area contributed by atoms with Gasteiger partial charge in [-0.25, -0.2) is 0 Å². The van der Waals surface area contributed by atoms with Crippen molar-refractivity contribution in [3.05, 3.63) is 11.1 Å². The summed E-state index contributed by atoms with van der Waals surface area (Å²) < 4.78 is 0. The molecule has 174 valence electrons. The molecule has 0 saturated heterocycles. The number of hydrogen-bond donors (Lipinski definition) is 1. The fraction of sp³-hybridized carbons (Fsp3) is 0.897. The highest BCUT2D eigenvalue weighted by Gasteiger charge is 2.64. The highest BCUT2D eigenvalue weighted by atomic mass is 16.3. The Morgan fingerprint density at radius 1 is 0.839 bits per heavy atom. The first-order chi connectivity index (χ1) is 14.2. The van der Waals surface area contributed by atoms with E-state index in [9.17, 15) is 9.90 Å². The molecule has 0 spiro atoms. The molecule has 0 aromatic carbocycles. The molecule has 0 amide bonds. The van der Waals surface area contributed by atoms with Crippen LogP contribution < -0.4 is 0 Å². The second-order valence-corrected chi connectivity index (χ2v) is 14.5. The van der Waals surface area contributed by atoms with Crippen molar-refractivity contribution >= 4 is 5.78 Å². The lowest BCUT2D eigenvalue weighted by Crippen LogP contribution is -2.61. The smallest absolute Gasteiger partial charge is 0.159 e. The van der Waals surface area contributed by atoms with Crippen LogP contribution in [0.2, 0.25) is 0 Å². The minimum atomic E-state index is -0.205. The number of fused-ring (bicyclic) bond motifs is 6. The molecule has 0 aliphatic heterocycles. The molecular formula is C29H46O2. The standard InChI is InChI=1S/C29H46O2/c1-25(2)14-15-27(5)11-8-18-24(19(27)17-25)20(30)16-22-28(18,6)12-9-21-26(3,4)23(31)10-13-29(21,22)7/h19,21-23,31H,8-17H2,1-7H3. The quantitative estimate of drug-likeness (QED) is 0.448. The van der Waals surface area contributed by atoms with Gasteiger partial charge in [0, 0.05) is 6.42 Å². The van der Waals surface area contributed by atoms with Crippen molar-refractivity contribution in [1.29, 1.82) is 0 Å². The molecule has 0 aromatic rings. The highest BCUT2D eigenvalue weighted by molar-refractivity contribution is 5.98. The van der Waals surface area contributed by atoms with Crippen LogP contribution >= 0.6 is 0 Å². The topological polar surface area (TPSA) is 37.3 Å². The van der Waals surface area contributed by atoms with E-state index < -0.39 is 0 Å². The molecule has 7 atom stereocenters. The van der Waals surface area contributed by atoms with Crippen LogP contribution in [0.3, 0.4) is 0 Å². The molecule has 5 aliphatic rings. The predicted octanol–water partition coefficient (Wildman–Crippen LogP) is 7.10. The van der Waals surface area contributed by atoms with Gasteiger partial charge >= 0.3 is 0 Å². The van der Waals surface area contributed by atoms with Crippen molar-refractivity contribution in [3.8, 4) is 0 Å². The first-order valence-corrected chi connectivity index (χ1v) is 13.2. The van der Waals surface area contributed by atoms with Crippen LogP contribution in [0.4, 0.5) is 0 Å². The van der Waals surface area contributed by atoms with Crippen molar-refractivity contribution in [2.75, 3.05) is 0 Å². The largest absolute Gasteiger partial charge is 0.393 e. The van der Waals surface area contributed by atoms with Crippen LogP contribution in [0, 0.1) is 44.8 Å². The van der Waals surface area contributed by atoms with Crippen LogP contribution in [-0.4, -0.2) is 17.0 Å². The van der Waals surface area contributed by atoms with E-state index in [2.05, 4.69) is 48.5 Å². The van der Waals surface area contributed by atoms with E-state index in [1.54, 1.807) is 5.57 Å². The predicted molar refractivity (Wildman–Crippen MR) is 127 cm³/mol. The van der Waals surface area contributed by atoms with Gasteiger partial charge in [-0.05, 0) is 108 Å². The number of allylic oxidation sites excluding steroid dienone is 2. The van der Waals surface area contributed by atoms with Crippen molar-refractivity contribution < 1.29 is 9.90 Å². The SMILES string of the molecule is CC1(C)CCC2(C)CCC3=C(C(=O)CC4C3(C)CCC3C(C)(C)C(O)CCC43C)C2C1. The Morgan fingerprint density at radius 2 is 1.55 bits per heavy atom. The van der Waals surface area contributed by atoms with E-state index in [-0.39, 0.29) is 22.3 Å². The summed E-state index contributed by atoms with van der Waals surface area (Å²) in [4.78, 5) is 14.0. The summed E-state index contributed by atoms with van der Waals surface area (Å²) in [6.07, 6.45) is 11.1. The van der Waals surface area contributed by atoms with Crippen molar-refractivity contribution in [3.63, 3.8) is 0 Å². The summed E-state index contributed by atoms with van der Waals surface area (Å²) in [5.41, 5.74) is 3.85. The highest BCUT2D eigenvalue weighted by Crippen LogP contribution is 2.71. The molecule has 1 N–H and O–H groups in total. The monoisotopic (exact) mass is 426 g/mol. The number of hydrogen-bond acceptors (Lipinski definition) is 2. The number of ketones is 1. The maximum atomic E-state index is 14.0. The Balaban J connectivity index is 1.59. The second-order valence-electron chi connectivity index (χ2n) is 14.5. The molecule has 0 heterocycles. The van der Waals surface area contributed by atoms with Crippen LogP contribution in [0.1, 0.15) is 113 Å². The first-order valence-electron chi connectivity index (χ1n) is 13.2. The van der Waals surface area contributed by atoms with Gasteiger partial charge in [0.25, 0.3) is 0 Å². The zero-order valence-electron chi connectivity index (χ0n) is 21.2. The Labute approximate surface area is 190 Å². The molecule has 3 saturated carbocycles. The number of carbonyl (C=O) groups is 1. The van der Waals surface area contributed by atoms with E-state index >= 15 is 0 Å². The molecule has 2 nitrogen and oxygen atoms in total. The van der Waals surface area contributed by atoms with Crippen molar-refractivity contribution in [2.45, 2.75) is 119 Å². The van der Waals surface area contributed by atoms with E-state index in [4.69, 9.17) is 0 Å². The molecule has 0 aromatic heterocycles. The molecule has 5 rings (SSSR count). The summed E-state index contributed by atoms with van der Waals surface area (Å²) in [6.45, 7) is 16.9. The fourth-order valence-corrected chi connectivity index (χ4v) is 9.82. The Bertz CT molecular complexity index is 834. The maximum absolute atomic E-state index is 14.0. The summed E-state index contributed by atoms with van der Waals surface area (Å²) in [5, 5.41) is 10.8. The Hall–Kier alpha value is -0.630. The molecule has 7 unspecified atom stereocenters. The number of aliphatic hydroxyl groups excluding tert-OH is 1. The number of Topliss-reactive ketones (excluding diaryl/α,β-unsaturated/α-hetero) is 1. The average Bonchev–Trinajstić information content (AvgIpc) is 2.67. The second kappa shape index (κ2) is 6.49. The van der Waals surface area contributed by atoms with Crippen LogP contribution in [0.15, 0.2) is 11.1 Å². The molecule has 31 heavy (non-hydrogen) atoms. The Morgan fingerprint density at radius 3 is 2.26 bits per heavy atom. The molecule has 3 fully saturated rings. The van der Waals surface area contributed by atoms with Crippen molar-refractivity contribution in [1.82, 2.24) is 0 Å². The number of carbonyl (C=O) groups excluding carboxylic acids is 1. The van der Waals surface area contributed by atoms with Gasteiger partial charge in [-0.3, -0.25) is 4.79 Å². The van der Waals surface area contributed by atoms with Gasteiger partial charge in [0.05, 0.1) is 6.10 Å². The van der Waals surface area contributed by atoms with Crippen molar-refractivity contribution in [2.24, 2.45) is 44.8 Å². The number of rotatable bonds is 0. The van der Waals surface area contributed by atoms with E-state index in [0.717, 1.165) is 25.7 Å². The minimum absolute atomic E-state index is 0.0510. The number of aliphatic hydroxyl groups is 1. The summed E-state index contributed by atoms with van der Waals surface area (Å²) in [5.74, 6) is 1.93. The summed E-state index contributed by atoms with van der Waals surface area (Å²) >= 11 is 0. The van der Waals surface area contributed by atoms with Gasteiger partial charge < -0.3 is 5.11 Å². The summed E-state index contributed by atoms with van der Waals surface area (Å²) in [6, 6.07) is 0. The van der Waals surface area contributed by atoms with E-state index in [1.807, 2.05) is 0 Å². The molecule has 0 radical (unpaired) electrons. The van der Waals surface area contributed by atoms with Gasteiger partial charge in [-0.15, -0.1) is 0 Å². The lowest BCUT2D eigenvalue weighted by atomic mass is 9.38. The van der Waals surface area contributed by atoms with E-state index in [1.165, 1.54) is 44.1 Å². The molecule has 5 aliphatic carbocycles. The molecule has 2 heteroatoms. The third-order valence-electron chi connectivity index (χ3n) is 12.0. The van der Waals surface area contributed by atoms with E-state index in [0.29, 0.717) is 34.4 Å². The fourth-order valence-electron chi connectivity index (χ4n) is 9.82. The minimum Gasteiger partial charge on any atom is -0.393 e. The molecular weight excluding hydrogens is 380 g/mol. The third kappa shape index (κ3) is 2.88. The lowest BCUT2D eigenvalue weighted by molar-refractivity contribution is -0.171. The lowest BCUT2D eigenvalue weighted by Gasteiger charge is -2.66.